The molecule has 6 nitrogen and oxygen atoms in total. The van der Waals surface area contributed by atoms with Crippen molar-refractivity contribution in [3.8, 4) is 5.69 Å². The Morgan fingerprint density at radius 3 is 2.73 bits per heavy atom. The first-order chi connectivity index (χ1) is 14.5. The first-order valence-electron chi connectivity index (χ1n) is 11.6. The van der Waals surface area contributed by atoms with Crippen LogP contribution in [0.3, 0.4) is 0 Å². The molecule has 30 heavy (non-hydrogen) atoms. The fourth-order valence-corrected chi connectivity index (χ4v) is 4.86. The molecule has 2 N–H and O–H groups in total. The summed E-state index contributed by atoms with van der Waals surface area (Å²) in [6, 6.07) is 6.75. The highest BCUT2D eigenvalue weighted by molar-refractivity contribution is 5.43. The van der Waals surface area contributed by atoms with Gasteiger partial charge in [-0.1, -0.05) is 11.3 Å². The van der Waals surface area contributed by atoms with Crippen molar-refractivity contribution in [2.45, 2.75) is 69.9 Å². The van der Waals surface area contributed by atoms with Gasteiger partial charge in [0.05, 0.1) is 29.8 Å². The highest BCUT2D eigenvalue weighted by Gasteiger charge is 2.35. The fourth-order valence-electron chi connectivity index (χ4n) is 4.86. The van der Waals surface area contributed by atoms with Gasteiger partial charge in [0.25, 0.3) is 0 Å². The summed E-state index contributed by atoms with van der Waals surface area (Å²) in [7, 11) is 0. The molecule has 2 aromatic rings. The number of aliphatic hydroxyl groups is 2. The molecule has 2 heterocycles. The molecule has 3 fully saturated rings. The minimum atomic E-state index is -0.993. The smallest absolute Gasteiger partial charge is 0.0889 e. The van der Waals surface area contributed by atoms with Gasteiger partial charge in [0.15, 0.2) is 0 Å². The maximum absolute atomic E-state index is 10.5. The van der Waals surface area contributed by atoms with Crippen LogP contribution < -0.4 is 0 Å². The Bertz CT molecular complexity index is 885. The first kappa shape index (κ1) is 20.2. The second-order valence-corrected chi connectivity index (χ2v) is 10.0. The van der Waals surface area contributed by atoms with E-state index in [4.69, 9.17) is 0 Å². The average molecular weight is 411 g/mol. The minimum Gasteiger partial charge on any atom is -0.393 e. The second kappa shape index (κ2) is 8.06. The Kier molecular flexibility index (Phi) is 5.42. The van der Waals surface area contributed by atoms with E-state index in [1.54, 1.807) is 6.92 Å². The van der Waals surface area contributed by atoms with Gasteiger partial charge in [0.2, 0.25) is 0 Å². The molecule has 0 radical (unpaired) electrons. The van der Waals surface area contributed by atoms with Crippen molar-refractivity contribution in [3.05, 3.63) is 41.2 Å². The van der Waals surface area contributed by atoms with Crippen molar-refractivity contribution in [3.63, 3.8) is 0 Å². The molecule has 2 aliphatic carbocycles. The van der Waals surface area contributed by atoms with Gasteiger partial charge in [0.1, 0.15) is 0 Å². The summed E-state index contributed by atoms with van der Waals surface area (Å²) in [6.45, 7) is 4.40. The summed E-state index contributed by atoms with van der Waals surface area (Å²) < 4.78 is 1.93. The highest BCUT2D eigenvalue weighted by Crippen LogP contribution is 2.43. The third-order valence-electron chi connectivity index (χ3n) is 7.25. The Morgan fingerprint density at radius 1 is 1.17 bits per heavy atom. The van der Waals surface area contributed by atoms with Crippen molar-refractivity contribution >= 4 is 0 Å². The number of rotatable bonds is 8. The maximum atomic E-state index is 10.5. The zero-order valence-electron chi connectivity index (χ0n) is 18.0. The summed E-state index contributed by atoms with van der Waals surface area (Å²) >= 11 is 0. The molecule has 2 atom stereocenters. The predicted octanol–water partition coefficient (Wildman–Crippen LogP) is 3.05. The van der Waals surface area contributed by atoms with E-state index in [1.165, 1.54) is 36.8 Å². The first-order valence-corrected chi connectivity index (χ1v) is 11.6. The van der Waals surface area contributed by atoms with Crippen LogP contribution in [0.5, 0.6) is 0 Å². The van der Waals surface area contributed by atoms with Crippen LogP contribution in [0.2, 0.25) is 0 Å². The molecular weight excluding hydrogens is 376 g/mol. The van der Waals surface area contributed by atoms with Gasteiger partial charge in [0, 0.05) is 19.0 Å². The Morgan fingerprint density at radius 2 is 2.00 bits per heavy atom. The zero-order chi connectivity index (χ0) is 20.7. The lowest BCUT2D eigenvalue weighted by Gasteiger charge is -2.39. The van der Waals surface area contributed by atoms with E-state index in [9.17, 15) is 10.2 Å². The molecule has 1 aliphatic heterocycles. The molecule has 1 aromatic carbocycles. The number of hydrogen-bond acceptors (Lipinski definition) is 5. The monoisotopic (exact) mass is 410 g/mol. The number of aliphatic hydroxyl groups excluding tert-OH is 1. The van der Waals surface area contributed by atoms with Crippen LogP contribution in [0.1, 0.15) is 68.2 Å². The van der Waals surface area contributed by atoms with Gasteiger partial charge in [-0.25, -0.2) is 4.68 Å². The van der Waals surface area contributed by atoms with E-state index >= 15 is 0 Å². The second-order valence-electron chi connectivity index (χ2n) is 10.0. The lowest BCUT2D eigenvalue weighted by atomic mass is 9.83. The molecule has 162 valence electrons. The van der Waals surface area contributed by atoms with Gasteiger partial charge >= 0.3 is 0 Å². The van der Waals surface area contributed by atoms with E-state index in [-0.39, 0.29) is 12.5 Å². The molecule has 1 saturated heterocycles. The Hall–Kier alpha value is -1.76. The van der Waals surface area contributed by atoms with Crippen molar-refractivity contribution in [1.29, 1.82) is 0 Å². The molecule has 0 bridgehead atoms. The number of piperidine rings is 1. The summed E-state index contributed by atoms with van der Waals surface area (Å²) in [4.78, 5) is 2.45. The molecule has 3 aliphatic rings. The summed E-state index contributed by atoms with van der Waals surface area (Å²) in [5.74, 6) is 1.61. The molecule has 2 saturated carbocycles. The van der Waals surface area contributed by atoms with Gasteiger partial charge in [-0.15, -0.1) is 5.10 Å². The van der Waals surface area contributed by atoms with Crippen LogP contribution in [0.25, 0.3) is 5.69 Å². The molecular formula is C24H34N4O2. The van der Waals surface area contributed by atoms with Crippen molar-refractivity contribution in [1.82, 2.24) is 19.9 Å². The summed E-state index contributed by atoms with van der Waals surface area (Å²) in [5, 5.41) is 28.8. The molecule has 0 spiro atoms. The van der Waals surface area contributed by atoms with Gasteiger partial charge in [-0.3, -0.25) is 4.90 Å². The van der Waals surface area contributed by atoms with Crippen molar-refractivity contribution in [2.24, 2.45) is 11.8 Å². The maximum Gasteiger partial charge on any atom is 0.0889 e. The van der Waals surface area contributed by atoms with Crippen molar-refractivity contribution < 1.29 is 10.2 Å². The minimum absolute atomic E-state index is 0.125. The topological polar surface area (TPSA) is 74.4 Å². The molecule has 5 rings (SSSR count). The molecule has 1 aromatic heterocycles. The third kappa shape index (κ3) is 4.46. The molecule has 6 heteroatoms. The number of benzene rings is 1. The normalized spacial score (nSPS) is 24.7. The van der Waals surface area contributed by atoms with Crippen LogP contribution >= 0.6 is 0 Å². The number of hydrogen-bond donors (Lipinski definition) is 2. The van der Waals surface area contributed by atoms with Crippen LogP contribution in [0.4, 0.5) is 0 Å². The van der Waals surface area contributed by atoms with Crippen molar-refractivity contribution in [2.75, 3.05) is 19.7 Å². The highest BCUT2D eigenvalue weighted by atomic mass is 16.3. The molecule has 0 unspecified atom stereocenters. The van der Waals surface area contributed by atoms with Crippen LogP contribution in [-0.2, 0) is 13.0 Å². The summed E-state index contributed by atoms with van der Waals surface area (Å²) in [6.07, 6.45) is 10.4. The third-order valence-corrected chi connectivity index (χ3v) is 7.25. The fraction of sp³-hybridized carbons (Fsp3) is 0.667. The quantitative estimate of drug-likeness (QED) is 0.700. The van der Waals surface area contributed by atoms with Crippen LogP contribution in [0, 0.1) is 11.8 Å². The van der Waals surface area contributed by atoms with Crippen LogP contribution in [0.15, 0.2) is 24.4 Å². The standard InChI is InChI=1S/C24H34N4O2/c1-24(30,16-29)20-3-2-10-27(14-20)13-19-8-9-22(12-23(19)18-6-7-18)28-15-21(25-26-28)11-17-4-5-17/h8-9,12,15,17-18,20,29-30H,2-7,10-11,13-14,16H2,1H3/t20-,24+/m0/s1. The number of aromatic nitrogens is 3. The van der Waals surface area contributed by atoms with E-state index in [0.29, 0.717) is 5.92 Å². The molecule has 0 amide bonds. The average Bonchev–Trinajstić information content (AvgIpc) is 3.68. The number of likely N-dealkylation sites (tertiary alicyclic amines) is 1. The number of nitrogens with zero attached hydrogens (tertiary/aromatic N) is 4. The van der Waals surface area contributed by atoms with Gasteiger partial charge in [-0.2, -0.15) is 0 Å². The van der Waals surface area contributed by atoms with Crippen LogP contribution in [-0.4, -0.2) is 55.4 Å². The lowest BCUT2D eigenvalue weighted by molar-refractivity contribution is -0.0697. The van der Waals surface area contributed by atoms with E-state index in [2.05, 4.69) is 39.6 Å². The Labute approximate surface area is 178 Å². The van der Waals surface area contributed by atoms with E-state index < -0.39 is 5.60 Å². The SMILES string of the molecule is C[C@@](O)(CO)[C@H]1CCCN(Cc2ccc(-n3cc(CC4CC4)nn3)cc2C2CC2)C1. The van der Waals surface area contributed by atoms with Gasteiger partial charge in [-0.05, 0) is 93.5 Å². The lowest BCUT2D eigenvalue weighted by Crippen LogP contribution is -2.48. The van der Waals surface area contributed by atoms with E-state index in [0.717, 1.165) is 56.2 Å². The Balaban J connectivity index is 1.32. The van der Waals surface area contributed by atoms with E-state index in [1.807, 2.05) is 4.68 Å². The predicted molar refractivity (Wildman–Crippen MR) is 115 cm³/mol. The van der Waals surface area contributed by atoms with Gasteiger partial charge < -0.3 is 10.2 Å². The summed E-state index contributed by atoms with van der Waals surface area (Å²) in [5.41, 5.74) is 4.05. The zero-order valence-corrected chi connectivity index (χ0v) is 18.0. The largest absolute Gasteiger partial charge is 0.393 e.